The Balaban J connectivity index is -0.000000385. The van der Waals surface area contributed by atoms with Gasteiger partial charge in [-0.15, -0.1) is 0 Å². The van der Waals surface area contributed by atoms with Gasteiger partial charge in [-0.2, -0.15) is 7.82 Å². The summed E-state index contributed by atoms with van der Waals surface area (Å²) < 4.78 is 12.6. The van der Waals surface area contributed by atoms with E-state index in [1.54, 1.807) is 0 Å². The van der Waals surface area contributed by atoms with Gasteiger partial charge in [0.05, 0.1) is 80.0 Å². The number of nitrogens with zero attached hydrogens (tertiary/aromatic N) is 3. The fraction of sp³-hybridized carbons (Fsp3) is 1.00. The van der Waals surface area contributed by atoms with E-state index < -0.39 is 7.82 Å². The maximum absolute atomic E-state index is 8.55. The summed E-state index contributed by atoms with van der Waals surface area (Å²) in [6.07, 6.45) is 46.5. The molecule has 0 aliphatic carbocycles. The van der Waals surface area contributed by atoms with E-state index >= 15 is 0 Å². The number of rotatable bonds is 42. The lowest BCUT2D eigenvalue weighted by Crippen LogP contribution is -2.46. The first-order valence-corrected chi connectivity index (χ1v) is 29.2. The molecule has 0 N–H and O–H groups in total. The first-order chi connectivity index (χ1) is 29.5. The van der Waals surface area contributed by atoms with Crippen LogP contribution in [0.2, 0.25) is 0 Å². The first kappa shape index (κ1) is 68.6. The van der Waals surface area contributed by atoms with Crippen LogP contribution in [-0.4, -0.2) is 93.5 Å². The third-order valence-electron chi connectivity index (χ3n) is 13.2. The molecule has 380 valence electrons. The van der Waals surface area contributed by atoms with Crippen LogP contribution in [-0.2, 0) is 4.57 Å². The second-order valence-electron chi connectivity index (χ2n) is 20.3. The van der Waals surface area contributed by atoms with Gasteiger partial charge in [-0.25, -0.2) is 0 Å². The van der Waals surface area contributed by atoms with Crippen LogP contribution >= 0.6 is 7.82 Å². The van der Waals surface area contributed by atoms with Gasteiger partial charge in [-0.3, -0.25) is 0 Å². The number of hydrogen-bond donors (Lipinski definition) is 0. The van der Waals surface area contributed by atoms with Crippen molar-refractivity contribution in [1.82, 2.24) is 0 Å². The van der Waals surface area contributed by atoms with Gasteiger partial charge in [0, 0.05) is 0 Å². The molecule has 3 atom stereocenters. The van der Waals surface area contributed by atoms with E-state index in [4.69, 9.17) is 19.2 Å². The summed E-state index contributed by atoms with van der Waals surface area (Å²) in [5.74, 6) is 0. The SMILES string of the molecule is CCCCCCC[N+](C)(CCCC)CCCCCC.CCCCCCC[N+](C)(CCCC)CCCCCC.CCCCCCC[N+](C)(CCCC)CCCCCC.O=P([O-])([O-])[O-]. The Bertz CT molecular complexity index is 788. The lowest BCUT2D eigenvalue weighted by Gasteiger charge is -2.36. The molecule has 0 amide bonds. The van der Waals surface area contributed by atoms with Crippen molar-refractivity contribution in [1.29, 1.82) is 0 Å². The molecule has 0 aliphatic heterocycles. The fourth-order valence-corrected chi connectivity index (χ4v) is 8.68. The van der Waals surface area contributed by atoms with Crippen LogP contribution in [0.25, 0.3) is 0 Å². The zero-order valence-corrected chi connectivity index (χ0v) is 46.0. The number of hydrogen-bond acceptors (Lipinski definition) is 4. The van der Waals surface area contributed by atoms with Gasteiger partial charge in [0.15, 0.2) is 0 Å². The normalized spacial score (nSPS) is 14.3. The van der Waals surface area contributed by atoms with E-state index in [1.807, 2.05) is 0 Å². The fourth-order valence-electron chi connectivity index (χ4n) is 8.68. The van der Waals surface area contributed by atoms with Crippen molar-refractivity contribution in [3.63, 3.8) is 0 Å². The van der Waals surface area contributed by atoms with Crippen molar-refractivity contribution in [2.24, 2.45) is 0 Å². The molecule has 0 bridgehead atoms. The Morgan fingerprint density at radius 2 is 0.355 bits per heavy atom. The van der Waals surface area contributed by atoms with Crippen LogP contribution in [0.1, 0.15) is 274 Å². The van der Waals surface area contributed by atoms with Crippen LogP contribution < -0.4 is 14.7 Å². The molecule has 0 radical (unpaired) electrons. The second kappa shape index (κ2) is 50.4. The number of quaternary nitrogens is 3. The minimum atomic E-state index is -5.39. The number of phosphoric acid groups is 1. The zero-order chi connectivity index (χ0) is 47.7. The molecule has 3 unspecified atom stereocenters. The average molecular weight is 907 g/mol. The van der Waals surface area contributed by atoms with Crippen molar-refractivity contribution >= 4 is 7.82 Å². The standard InChI is InChI=1S/3C18H40N.H3O4P/c3*1-5-8-11-13-15-18-19(4,16-10-7-3)17-14-12-9-6-2;1-5(2,3)4/h3*5-18H2,1-4H3;(H3,1,2,3,4)/q3*+1;/p-3. The maximum Gasteiger partial charge on any atom is 0.0784 e. The van der Waals surface area contributed by atoms with E-state index in [-0.39, 0.29) is 0 Å². The van der Waals surface area contributed by atoms with Gasteiger partial charge in [0.2, 0.25) is 0 Å². The lowest BCUT2D eigenvalue weighted by molar-refractivity contribution is -0.910. The molecule has 0 heterocycles. The largest absolute Gasteiger partial charge is 0.822 e. The summed E-state index contributed by atoms with van der Waals surface area (Å²) in [5.41, 5.74) is 0. The summed E-state index contributed by atoms with van der Waals surface area (Å²) >= 11 is 0. The smallest absolute Gasteiger partial charge is 0.0784 e. The summed E-state index contributed by atoms with van der Waals surface area (Å²) in [6, 6.07) is 0. The van der Waals surface area contributed by atoms with Gasteiger partial charge in [0.1, 0.15) is 0 Å². The van der Waals surface area contributed by atoms with Crippen molar-refractivity contribution in [2.75, 3.05) is 80.0 Å². The minimum absolute atomic E-state index is 1.34. The molecule has 0 saturated heterocycles. The Labute approximate surface area is 393 Å². The Morgan fingerprint density at radius 3 is 0.500 bits per heavy atom. The second-order valence-corrected chi connectivity index (χ2v) is 21.2. The molecule has 0 rings (SSSR count). The maximum atomic E-state index is 8.55. The highest BCUT2D eigenvalue weighted by molar-refractivity contribution is 7.40. The summed E-state index contributed by atoms with van der Waals surface area (Å²) in [5, 5.41) is 0. The summed E-state index contributed by atoms with van der Waals surface area (Å²) in [6.45, 7) is 33.4. The molecule has 7 nitrogen and oxygen atoms in total. The topological polar surface area (TPSA) is 86.2 Å². The van der Waals surface area contributed by atoms with E-state index in [0.29, 0.717) is 0 Å². The highest BCUT2D eigenvalue weighted by Crippen LogP contribution is 2.17. The summed E-state index contributed by atoms with van der Waals surface area (Å²) in [7, 11) is 2.12. The third-order valence-corrected chi connectivity index (χ3v) is 13.2. The van der Waals surface area contributed by atoms with Crippen LogP contribution in [0.4, 0.5) is 0 Å². The quantitative estimate of drug-likeness (QED) is 0.0347. The molecular weight excluding hydrogens is 786 g/mol. The third kappa shape index (κ3) is 58.0. The van der Waals surface area contributed by atoms with Crippen LogP contribution in [0, 0.1) is 0 Å². The van der Waals surface area contributed by atoms with Gasteiger partial charge in [-0.05, 0) is 96.3 Å². The van der Waals surface area contributed by atoms with E-state index in [1.165, 1.54) is 284 Å². The molecule has 0 aromatic rings. The highest BCUT2D eigenvalue weighted by atomic mass is 31.2. The molecule has 0 spiro atoms. The Kier molecular flexibility index (Phi) is 55.7. The molecule has 0 aromatic carbocycles. The van der Waals surface area contributed by atoms with Crippen LogP contribution in [0.15, 0.2) is 0 Å². The highest BCUT2D eigenvalue weighted by Gasteiger charge is 2.21. The Morgan fingerprint density at radius 1 is 0.242 bits per heavy atom. The van der Waals surface area contributed by atoms with Crippen LogP contribution in [0.5, 0.6) is 0 Å². The van der Waals surface area contributed by atoms with E-state index in [9.17, 15) is 0 Å². The molecule has 8 heteroatoms. The average Bonchev–Trinajstić information content (AvgIpc) is 3.23. The van der Waals surface area contributed by atoms with Gasteiger partial charge < -0.3 is 32.7 Å². The molecule has 0 aliphatic rings. The molecule has 0 saturated carbocycles. The number of unbranched alkanes of at least 4 members (excludes halogenated alkanes) is 24. The van der Waals surface area contributed by atoms with E-state index in [0.717, 1.165) is 0 Å². The Hall–Kier alpha value is -0.0100. The van der Waals surface area contributed by atoms with Crippen molar-refractivity contribution in [2.45, 2.75) is 274 Å². The molecular formula is C54H120N3O4P. The summed E-state index contributed by atoms with van der Waals surface area (Å²) in [4.78, 5) is 25.6. The molecule has 0 aromatic heterocycles. The molecule has 62 heavy (non-hydrogen) atoms. The molecule has 0 fully saturated rings. The van der Waals surface area contributed by atoms with Crippen LogP contribution in [0.3, 0.4) is 0 Å². The van der Waals surface area contributed by atoms with Crippen molar-refractivity contribution in [3.8, 4) is 0 Å². The van der Waals surface area contributed by atoms with Crippen molar-refractivity contribution < 1.29 is 32.7 Å². The van der Waals surface area contributed by atoms with Gasteiger partial charge in [-0.1, -0.05) is 178 Å². The lowest BCUT2D eigenvalue weighted by atomic mass is 10.1. The predicted molar refractivity (Wildman–Crippen MR) is 273 cm³/mol. The minimum Gasteiger partial charge on any atom is -0.822 e. The zero-order valence-electron chi connectivity index (χ0n) is 45.1. The first-order valence-electron chi connectivity index (χ1n) is 27.8. The monoisotopic (exact) mass is 906 g/mol. The van der Waals surface area contributed by atoms with E-state index in [2.05, 4.69) is 83.5 Å². The van der Waals surface area contributed by atoms with Crippen molar-refractivity contribution in [3.05, 3.63) is 0 Å². The van der Waals surface area contributed by atoms with Gasteiger partial charge in [0.25, 0.3) is 0 Å². The van der Waals surface area contributed by atoms with Gasteiger partial charge >= 0.3 is 0 Å². The predicted octanol–water partition coefficient (Wildman–Crippen LogP) is 14.5.